The highest BCUT2D eigenvalue weighted by Crippen LogP contribution is 2.25. The van der Waals surface area contributed by atoms with Gasteiger partial charge in [-0.05, 0) is 50.8 Å². The Morgan fingerprint density at radius 2 is 1.70 bits per heavy atom. The van der Waals surface area contributed by atoms with E-state index in [1.54, 1.807) is 4.90 Å². The number of nitrogens with zero attached hydrogens (tertiary/aromatic N) is 2. The number of amides is 1. The molecule has 1 aliphatic heterocycles. The van der Waals surface area contributed by atoms with Gasteiger partial charge in [-0.2, -0.15) is 0 Å². The molecule has 27 heavy (non-hydrogen) atoms. The number of benzene rings is 1. The zero-order chi connectivity index (χ0) is 19.1. The van der Waals surface area contributed by atoms with Crippen molar-refractivity contribution in [2.75, 3.05) is 38.5 Å². The maximum Gasteiger partial charge on any atom is 0.237 e. The summed E-state index contributed by atoms with van der Waals surface area (Å²) in [7, 11) is -3.28. The third-order valence-electron chi connectivity index (χ3n) is 5.86. The Balaban J connectivity index is 1.42. The summed E-state index contributed by atoms with van der Waals surface area (Å²) < 4.78 is 24.9. The fourth-order valence-electron chi connectivity index (χ4n) is 4.22. The van der Waals surface area contributed by atoms with E-state index in [0.29, 0.717) is 13.1 Å². The summed E-state index contributed by atoms with van der Waals surface area (Å²) in [5, 5.41) is -0.289. The summed E-state index contributed by atoms with van der Waals surface area (Å²) in [6.07, 6.45) is 6.49. The van der Waals surface area contributed by atoms with Crippen molar-refractivity contribution in [2.45, 2.75) is 50.2 Å². The highest BCUT2D eigenvalue weighted by molar-refractivity contribution is 7.92. The van der Waals surface area contributed by atoms with Gasteiger partial charge in [0.25, 0.3) is 0 Å². The van der Waals surface area contributed by atoms with E-state index in [0.717, 1.165) is 64.6 Å². The summed E-state index contributed by atoms with van der Waals surface area (Å²) in [6, 6.07) is 10.5. The zero-order valence-electron chi connectivity index (χ0n) is 16.2. The largest absolute Gasteiger partial charge is 0.340 e. The van der Waals surface area contributed by atoms with Gasteiger partial charge in [-0.15, -0.1) is 0 Å². The standard InChI is InChI=1S/C21H32N2O3S/c24-21(18-27(25,26)20-11-4-5-12-20)23-15-7-14-22(16-17-23)13-6-10-19-8-2-1-3-9-19/h1-3,8-9,20H,4-7,10-18H2. The summed E-state index contributed by atoms with van der Waals surface area (Å²) in [5.74, 6) is -0.501. The quantitative estimate of drug-likeness (QED) is 0.715. The molecule has 5 nitrogen and oxygen atoms in total. The third-order valence-corrected chi connectivity index (χ3v) is 8.00. The molecule has 1 aliphatic carbocycles. The lowest BCUT2D eigenvalue weighted by molar-refractivity contribution is -0.128. The van der Waals surface area contributed by atoms with Crippen LogP contribution < -0.4 is 0 Å². The molecule has 1 heterocycles. The molecule has 3 rings (SSSR count). The summed E-state index contributed by atoms with van der Waals surface area (Å²) in [6.45, 7) is 4.16. The molecular formula is C21H32N2O3S. The Bertz CT molecular complexity index is 699. The van der Waals surface area contributed by atoms with Gasteiger partial charge in [-0.25, -0.2) is 8.42 Å². The number of hydrogen-bond acceptors (Lipinski definition) is 4. The second-order valence-corrected chi connectivity index (χ2v) is 10.2. The predicted molar refractivity (Wildman–Crippen MR) is 108 cm³/mol. The van der Waals surface area contributed by atoms with Gasteiger partial charge >= 0.3 is 0 Å². The first-order chi connectivity index (χ1) is 13.0. The Morgan fingerprint density at radius 1 is 0.963 bits per heavy atom. The molecule has 0 atom stereocenters. The van der Waals surface area contributed by atoms with E-state index in [9.17, 15) is 13.2 Å². The molecule has 2 aliphatic rings. The molecule has 0 bridgehead atoms. The maximum absolute atomic E-state index is 12.6. The molecule has 1 amide bonds. The van der Waals surface area contributed by atoms with E-state index in [1.165, 1.54) is 5.56 Å². The molecule has 1 saturated heterocycles. The van der Waals surface area contributed by atoms with Crippen molar-refractivity contribution in [3.05, 3.63) is 35.9 Å². The highest BCUT2D eigenvalue weighted by Gasteiger charge is 2.32. The Kier molecular flexibility index (Phi) is 7.30. The number of rotatable bonds is 7. The van der Waals surface area contributed by atoms with Crippen LogP contribution in [0.1, 0.15) is 44.1 Å². The van der Waals surface area contributed by atoms with Gasteiger partial charge in [0.05, 0.1) is 5.25 Å². The molecule has 0 radical (unpaired) electrons. The molecule has 1 aromatic carbocycles. The van der Waals surface area contributed by atoms with E-state index < -0.39 is 9.84 Å². The van der Waals surface area contributed by atoms with E-state index in [1.807, 2.05) is 6.07 Å². The van der Waals surface area contributed by atoms with Crippen LogP contribution in [-0.2, 0) is 21.1 Å². The normalized spacial score (nSPS) is 19.9. The molecular weight excluding hydrogens is 360 g/mol. The first kappa shape index (κ1) is 20.3. The van der Waals surface area contributed by atoms with Gasteiger partial charge in [0.15, 0.2) is 9.84 Å². The zero-order valence-corrected chi connectivity index (χ0v) is 17.0. The predicted octanol–water partition coefficient (Wildman–Crippen LogP) is 2.51. The number of carbonyl (C=O) groups excluding carboxylic acids is 1. The van der Waals surface area contributed by atoms with Crippen LogP contribution in [0.2, 0.25) is 0 Å². The molecule has 1 aromatic rings. The maximum atomic E-state index is 12.6. The van der Waals surface area contributed by atoms with E-state index >= 15 is 0 Å². The summed E-state index contributed by atoms with van der Waals surface area (Å²) in [5.41, 5.74) is 1.36. The smallest absolute Gasteiger partial charge is 0.237 e. The molecule has 6 heteroatoms. The van der Waals surface area contributed by atoms with Gasteiger partial charge in [0, 0.05) is 19.6 Å². The van der Waals surface area contributed by atoms with Crippen molar-refractivity contribution >= 4 is 15.7 Å². The lowest BCUT2D eigenvalue weighted by Crippen LogP contribution is -2.40. The fraction of sp³-hybridized carbons (Fsp3) is 0.667. The Hall–Kier alpha value is -1.40. The van der Waals surface area contributed by atoms with Crippen LogP contribution in [-0.4, -0.2) is 67.9 Å². The fourth-order valence-corrected chi connectivity index (χ4v) is 6.04. The SMILES string of the molecule is O=C(CS(=O)(=O)C1CCCC1)N1CCCN(CCCc2ccccc2)CC1. The van der Waals surface area contributed by atoms with Crippen LogP contribution in [0.3, 0.4) is 0 Å². The first-order valence-corrected chi connectivity index (χ1v) is 12.0. The average molecular weight is 393 g/mol. The van der Waals surface area contributed by atoms with Gasteiger partial charge in [-0.3, -0.25) is 4.79 Å². The Morgan fingerprint density at radius 3 is 2.44 bits per heavy atom. The van der Waals surface area contributed by atoms with Crippen LogP contribution in [0.5, 0.6) is 0 Å². The van der Waals surface area contributed by atoms with Crippen molar-refractivity contribution in [2.24, 2.45) is 0 Å². The number of hydrogen-bond donors (Lipinski definition) is 0. The minimum Gasteiger partial charge on any atom is -0.340 e. The van der Waals surface area contributed by atoms with Crippen LogP contribution in [0.25, 0.3) is 0 Å². The van der Waals surface area contributed by atoms with Crippen molar-refractivity contribution in [1.29, 1.82) is 0 Å². The number of carbonyl (C=O) groups is 1. The van der Waals surface area contributed by atoms with E-state index in [2.05, 4.69) is 29.2 Å². The van der Waals surface area contributed by atoms with Crippen LogP contribution >= 0.6 is 0 Å². The summed E-state index contributed by atoms with van der Waals surface area (Å²) >= 11 is 0. The third kappa shape index (κ3) is 6.04. The average Bonchev–Trinajstić information content (AvgIpc) is 3.10. The van der Waals surface area contributed by atoms with Gasteiger partial charge in [0.2, 0.25) is 5.91 Å². The monoisotopic (exact) mass is 392 g/mol. The lowest BCUT2D eigenvalue weighted by atomic mass is 10.1. The molecule has 1 saturated carbocycles. The topological polar surface area (TPSA) is 57.7 Å². The number of sulfone groups is 1. The first-order valence-electron chi connectivity index (χ1n) is 10.3. The minimum atomic E-state index is -3.28. The van der Waals surface area contributed by atoms with Crippen molar-refractivity contribution < 1.29 is 13.2 Å². The van der Waals surface area contributed by atoms with Crippen LogP contribution in [0.15, 0.2) is 30.3 Å². The van der Waals surface area contributed by atoms with E-state index in [-0.39, 0.29) is 16.9 Å². The van der Waals surface area contributed by atoms with Crippen molar-refractivity contribution in [3.8, 4) is 0 Å². The van der Waals surface area contributed by atoms with Gasteiger partial charge in [0.1, 0.15) is 5.75 Å². The van der Waals surface area contributed by atoms with Gasteiger partial charge in [-0.1, -0.05) is 43.2 Å². The highest BCUT2D eigenvalue weighted by atomic mass is 32.2. The summed E-state index contributed by atoms with van der Waals surface area (Å²) in [4.78, 5) is 16.7. The molecule has 0 unspecified atom stereocenters. The molecule has 0 spiro atoms. The lowest BCUT2D eigenvalue weighted by Gasteiger charge is -2.22. The van der Waals surface area contributed by atoms with Gasteiger partial charge < -0.3 is 9.80 Å². The second kappa shape index (κ2) is 9.69. The number of aryl methyl sites for hydroxylation is 1. The molecule has 150 valence electrons. The van der Waals surface area contributed by atoms with Crippen molar-refractivity contribution in [1.82, 2.24) is 9.80 Å². The molecule has 0 aromatic heterocycles. The Labute approximate surface area is 163 Å². The second-order valence-electron chi connectivity index (χ2n) is 7.88. The van der Waals surface area contributed by atoms with Crippen LogP contribution in [0.4, 0.5) is 0 Å². The molecule has 2 fully saturated rings. The van der Waals surface area contributed by atoms with E-state index in [4.69, 9.17) is 0 Å². The van der Waals surface area contributed by atoms with Crippen molar-refractivity contribution in [3.63, 3.8) is 0 Å². The molecule has 0 N–H and O–H groups in total. The van der Waals surface area contributed by atoms with Crippen LogP contribution in [0, 0.1) is 0 Å². The minimum absolute atomic E-state index is 0.201.